The van der Waals surface area contributed by atoms with Crippen molar-refractivity contribution in [2.45, 2.75) is 13.2 Å². The summed E-state index contributed by atoms with van der Waals surface area (Å²) in [6.07, 6.45) is 1.52. The Morgan fingerprint density at radius 1 is 1.18 bits per heavy atom. The molecule has 0 saturated heterocycles. The molecule has 0 bridgehead atoms. The van der Waals surface area contributed by atoms with E-state index < -0.39 is 5.91 Å². The van der Waals surface area contributed by atoms with E-state index in [0.717, 1.165) is 16.9 Å². The molecule has 0 atom stereocenters. The zero-order valence-corrected chi connectivity index (χ0v) is 18.6. The summed E-state index contributed by atoms with van der Waals surface area (Å²) in [5.41, 5.74) is 10.6. The maximum atomic E-state index is 12.7. The van der Waals surface area contributed by atoms with Crippen LogP contribution in [0.2, 0.25) is 0 Å². The molecule has 0 fully saturated rings. The fourth-order valence-corrected chi connectivity index (χ4v) is 3.04. The van der Waals surface area contributed by atoms with Crippen LogP contribution in [0.4, 0.5) is 5.82 Å². The highest BCUT2D eigenvalue weighted by atomic mass is 16.6. The first-order chi connectivity index (χ1) is 16.5. The molecule has 34 heavy (non-hydrogen) atoms. The Bertz CT molecular complexity index is 1260. The largest absolute Gasteiger partial charge is 0.489 e. The van der Waals surface area contributed by atoms with E-state index in [1.54, 1.807) is 0 Å². The van der Waals surface area contributed by atoms with Crippen LogP contribution >= 0.6 is 0 Å². The topological polar surface area (TPSA) is 150 Å². The number of rotatable bonds is 9. The lowest BCUT2D eigenvalue weighted by Gasteiger charge is -2.11. The van der Waals surface area contributed by atoms with Crippen LogP contribution in [0.25, 0.3) is 5.82 Å². The van der Waals surface area contributed by atoms with Gasteiger partial charge in [-0.25, -0.2) is 10.1 Å². The van der Waals surface area contributed by atoms with Crippen molar-refractivity contribution in [2.24, 2.45) is 5.10 Å². The van der Waals surface area contributed by atoms with E-state index in [0.29, 0.717) is 18.8 Å². The number of aromatic nitrogens is 5. The summed E-state index contributed by atoms with van der Waals surface area (Å²) in [5, 5.41) is 19.2. The third-order valence-corrected chi connectivity index (χ3v) is 4.65. The lowest BCUT2D eigenvalue weighted by Crippen LogP contribution is -2.23. The monoisotopic (exact) mass is 461 g/mol. The van der Waals surface area contributed by atoms with Gasteiger partial charge in [-0.3, -0.25) is 4.79 Å². The molecule has 0 aliphatic carbocycles. The van der Waals surface area contributed by atoms with Gasteiger partial charge in [-0.05, 0) is 59.8 Å². The van der Waals surface area contributed by atoms with Crippen molar-refractivity contribution in [2.75, 3.05) is 19.8 Å². The van der Waals surface area contributed by atoms with Gasteiger partial charge in [-0.2, -0.15) is 9.78 Å². The number of nitrogen functional groups attached to an aromatic ring is 1. The van der Waals surface area contributed by atoms with Gasteiger partial charge in [0.15, 0.2) is 5.69 Å². The summed E-state index contributed by atoms with van der Waals surface area (Å²) in [4.78, 5) is 14.6. The number of hydrogen-bond acceptors (Lipinski definition) is 10. The molecular formula is C22H23N9O3. The summed E-state index contributed by atoms with van der Waals surface area (Å²) in [6.45, 7) is 0.826. The standard InChI is InChI=1S/C22H23N9O3/c1-30(2)13-18-19(25-29-31(18)21-20(23)27-34-28-21)22(32)26-24-12-15-8-10-17(11-9-15)33-14-16-6-4-3-5-7-16/h3-12H,13-14H2,1-2H3,(H2,23,27)(H,26,32)/b24-12+. The van der Waals surface area contributed by atoms with E-state index in [1.807, 2.05) is 73.6 Å². The number of hydrazone groups is 1. The molecule has 2 aromatic heterocycles. The number of ether oxygens (including phenoxy) is 1. The van der Waals surface area contributed by atoms with E-state index in [4.69, 9.17) is 10.5 Å². The van der Waals surface area contributed by atoms with Gasteiger partial charge in [-0.15, -0.1) is 5.10 Å². The number of nitrogens with zero attached hydrogens (tertiary/aromatic N) is 7. The average molecular weight is 461 g/mol. The Morgan fingerprint density at radius 2 is 1.94 bits per heavy atom. The van der Waals surface area contributed by atoms with Crippen LogP contribution in [0.5, 0.6) is 5.75 Å². The molecule has 12 nitrogen and oxygen atoms in total. The minimum Gasteiger partial charge on any atom is -0.489 e. The molecule has 12 heteroatoms. The van der Waals surface area contributed by atoms with Crippen LogP contribution in [0.3, 0.4) is 0 Å². The minimum atomic E-state index is -0.530. The second-order valence-electron chi connectivity index (χ2n) is 7.55. The molecular weight excluding hydrogens is 438 g/mol. The number of nitrogens with one attached hydrogen (secondary N) is 1. The SMILES string of the molecule is CN(C)Cc1c(C(=O)N/N=C/c2ccc(OCc3ccccc3)cc2)nnn1-c1nonc1N. The Balaban J connectivity index is 1.40. The molecule has 174 valence electrons. The Morgan fingerprint density at radius 3 is 2.62 bits per heavy atom. The first kappa shape index (κ1) is 22.6. The van der Waals surface area contributed by atoms with Gasteiger partial charge < -0.3 is 15.4 Å². The van der Waals surface area contributed by atoms with E-state index >= 15 is 0 Å². The van der Waals surface area contributed by atoms with Crippen LogP contribution in [0.15, 0.2) is 64.3 Å². The van der Waals surface area contributed by atoms with Gasteiger partial charge in [0.1, 0.15) is 12.4 Å². The molecule has 0 aliphatic heterocycles. The molecule has 0 spiro atoms. The number of carbonyl (C=O) groups is 1. The van der Waals surface area contributed by atoms with Crippen molar-refractivity contribution in [3.05, 3.63) is 77.1 Å². The van der Waals surface area contributed by atoms with Gasteiger partial charge in [0, 0.05) is 6.54 Å². The molecule has 1 amide bonds. The first-order valence-electron chi connectivity index (χ1n) is 10.3. The summed E-state index contributed by atoms with van der Waals surface area (Å²) in [5.74, 6) is 0.390. The predicted molar refractivity (Wildman–Crippen MR) is 123 cm³/mol. The van der Waals surface area contributed by atoms with Crippen LogP contribution in [0, 0.1) is 0 Å². The Hall–Kier alpha value is -4.58. The number of carbonyl (C=O) groups excluding carboxylic acids is 1. The van der Waals surface area contributed by atoms with Crippen molar-refractivity contribution in [3.8, 4) is 11.6 Å². The van der Waals surface area contributed by atoms with E-state index in [1.165, 1.54) is 10.9 Å². The quantitative estimate of drug-likeness (QED) is 0.280. The number of amides is 1. The van der Waals surface area contributed by atoms with Crippen LogP contribution < -0.4 is 15.9 Å². The summed E-state index contributed by atoms with van der Waals surface area (Å²) in [6, 6.07) is 17.3. The normalized spacial score (nSPS) is 11.3. The van der Waals surface area contributed by atoms with Crippen molar-refractivity contribution in [1.82, 2.24) is 35.6 Å². The van der Waals surface area contributed by atoms with Crippen molar-refractivity contribution in [1.29, 1.82) is 0 Å². The second kappa shape index (κ2) is 10.4. The lowest BCUT2D eigenvalue weighted by atomic mass is 10.2. The number of benzene rings is 2. The summed E-state index contributed by atoms with van der Waals surface area (Å²) < 4.78 is 11.7. The van der Waals surface area contributed by atoms with Gasteiger partial charge in [0.05, 0.1) is 11.9 Å². The maximum absolute atomic E-state index is 12.7. The number of hydrogen-bond donors (Lipinski definition) is 2. The van der Waals surface area contributed by atoms with Crippen LogP contribution in [-0.4, -0.2) is 56.4 Å². The molecule has 4 aromatic rings. The lowest BCUT2D eigenvalue weighted by molar-refractivity contribution is 0.0948. The van der Waals surface area contributed by atoms with Gasteiger partial charge >= 0.3 is 0 Å². The maximum Gasteiger partial charge on any atom is 0.293 e. The van der Waals surface area contributed by atoms with Crippen LogP contribution in [0.1, 0.15) is 27.3 Å². The van der Waals surface area contributed by atoms with Gasteiger partial charge in [0.2, 0.25) is 11.6 Å². The van der Waals surface area contributed by atoms with Crippen molar-refractivity contribution >= 4 is 17.9 Å². The third kappa shape index (κ3) is 5.42. The smallest absolute Gasteiger partial charge is 0.293 e. The molecule has 3 N–H and O–H groups in total. The third-order valence-electron chi connectivity index (χ3n) is 4.65. The highest BCUT2D eigenvalue weighted by molar-refractivity contribution is 5.94. The Labute approximate surface area is 195 Å². The number of nitrogens with two attached hydrogens (primary N) is 1. The molecule has 2 heterocycles. The first-order valence-corrected chi connectivity index (χ1v) is 10.3. The van der Waals surface area contributed by atoms with E-state index in [-0.39, 0.29) is 17.3 Å². The molecule has 2 aromatic carbocycles. The summed E-state index contributed by atoms with van der Waals surface area (Å²) in [7, 11) is 3.68. The zero-order valence-electron chi connectivity index (χ0n) is 18.6. The van der Waals surface area contributed by atoms with Gasteiger partial charge in [-0.1, -0.05) is 35.5 Å². The zero-order chi connectivity index (χ0) is 23.9. The van der Waals surface area contributed by atoms with Crippen molar-refractivity contribution in [3.63, 3.8) is 0 Å². The second-order valence-corrected chi connectivity index (χ2v) is 7.55. The highest BCUT2D eigenvalue weighted by Gasteiger charge is 2.24. The molecule has 0 saturated carbocycles. The van der Waals surface area contributed by atoms with E-state index in [2.05, 4.69) is 35.8 Å². The Kier molecular flexibility index (Phi) is 6.89. The fraction of sp³-hybridized carbons (Fsp3) is 0.182. The highest BCUT2D eigenvalue weighted by Crippen LogP contribution is 2.17. The predicted octanol–water partition coefficient (Wildman–Crippen LogP) is 1.64. The molecule has 4 rings (SSSR count). The molecule has 0 aliphatic rings. The molecule has 0 unspecified atom stereocenters. The fourth-order valence-electron chi connectivity index (χ4n) is 3.04. The van der Waals surface area contributed by atoms with Crippen LogP contribution in [-0.2, 0) is 13.2 Å². The molecule has 0 radical (unpaired) electrons. The van der Waals surface area contributed by atoms with Crippen molar-refractivity contribution < 1.29 is 14.2 Å². The summed E-state index contributed by atoms with van der Waals surface area (Å²) >= 11 is 0. The van der Waals surface area contributed by atoms with E-state index in [9.17, 15) is 4.79 Å². The number of anilines is 1. The average Bonchev–Trinajstić information content (AvgIpc) is 3.44. The minimum absolute atomic E-state index is 0.0334. The van der Waals surface area contributed by atoms with Gasteiger partial charge in [0.25, 0.3) is 5.91 Å².